The minimum atomic E-state index is -0.462. The maximum absolute atomic E-state index is 9.00. The van der Waals surface area contributed by atoms with Crippen molar-refractivity contribution < 1.29 is 5.11 Å². The fourth-order valence-corrected chi connectivity index (χ4v) is 1.15. The van der Waals surface area contributed by atoms with Gasteiger partial charge in [-0.05, 0) is 19.1 Å². The fourth-order valence-electron chi connectivity index (χ4n) is 1.15. The first kappa shape index (κ1) is 12.4. The van der Waals surface area contributed by atoms with Crippen molar-refractivity contribution >= 4 is 5.96 Å². The average Bonchev–Trinajstić information content (AvgIpc) is 2.28. The zero-order chi connectivity index (χ0) is 11.8. The summed E-state index contributed by atoms with van der Waals surface area (Å²) in [7, 11) is 0. The van der Waals surface area contributed by atoms with E-state index in [2.05, 4.69) is 15.3 Å². The summed E-state index contributed by atoms with van der Waals surface area (Å²) in [6.07, 6.45) is 2.10. The number of guanidine groups is 1. The van der Waals surface area contributed by atoms with Crippen LogP contribution in [0.15, 0.2) is 29.4 Å². The van der Waals surface area contributed by atoms with Crippen molar-refractivity contribution in [3.63, 3.8) is 0 Å². The lowest BCUT2D eigenvalue weighted by Crippen LogP contribution is -2.34. The van der Waals surface area contributed by atoms with Crippen LogP contribution in [0, 0.1) is 0 Å². The second kappa shape index (κ2) is 6.79. The van der Waals surface area contributed by atoms with Gasteiger partial charge < -0.3 is 16.2 Å². The number of nitrogens with one attached hydrogen (secondary N) is 1. The van der Waals surface area contributed by atoms with Crippen molar-refractivity contribution in [3.05, 3.63) is 30.1 Å². The van der Waals surface area contributed by atoms with Crippen molar-refractivity contribution in [1.29, 1.82) is 0 Å². The maximum atomic E-state index is 9.00. The van der Waals surface area contributed by atoms with Crippen LogP contribution >= 0.6 is 0 Å². The van der Waals surface area contributed by atoms with Crippen molar-refractivity contribution in [2.75, 3.05) is 13.1 Å². The van der Waals surface area contributed by atoms with E-state index in [-0.39, 0.29) is 0 Å². The van der Waals surface area contributed by atoms with Crippen LogP contribution in [-0.4, -0.2) is 35.2 Å². The van der Waals surface area contributed by atoms with E-state index in [1.807, 2.05) is 18.2 Å². The highest BCUT2D eigenvalue weighted by atomic mass is 16.3. The molecule has 1 atom stereocenters. The van der Waals surface area contributed by atoms with Crippen LogP contribution in [0.1, 0.15) is 12.6 Å². The predicted octanol–water partition coefficient (Wildman–Crippen LogP) is -0.0908. The number of hydrogen-bond acceptors (Lipinski definition) is 3. The zero-order valence-corrected chi connectivity index (χ0v) is 9.43. The van der Waals surface area contributed by atoms with Crippen molar-refractivity contribution in [2.24, 2.45) is 10.7 Å². The summed E-state index contributed by atoms with van der Waals surface area (Å²) >= 11 is 0. The Bertz CT molecular complexity index is 324. The number of pyridine rings is 1. The molecule has 0 aromatic carbocycles. The van der Waals surface area contributed by atoms with Gasteiger partial charge in [0.15, 0.2) is 5.96 Å². The Morgan fingerprint density at radius 1 is 1.62 bits per heavy atom. The number of rotatable bonds is 5. The quantitative estimate of drug-likeness (QED) is 0.480. The maximum Gasteiger partial charge on any atom is 0.188 e. The number of hydrogen-bond donors (Lipinski definition) is 3. The van der Waals surface area contributed by atoms with Crippen LogP contribution in [0.5, 0.6) is 0 Å². The van der Waals surface area contributed by atoms with Gasteiger partial charge in [-0.1, -0.05) is 6.07 Å². The molecular weight excluding hydrogens is 204 g/mol. The molecule has 0 bridgehead atoms. The minimum Gasteiger partial charge on any atom is -0.391 e. The molecule has 0 radical (unpaired) electrons. The van der Waals surface area contributed by atoms with Gasteiger partial charge in [0.05, 0.1) is 12.6 Å². The van der Waals surface area contributed by atoms with E-state index >= 15 is 0 Å². The molecule has 0 spiro atoms. The van der Waals surface area contributed by atoms with E-state index in [1.54, 1.807) is 13.1 Å². The van der Waals surface area contributed by atoms with Gasteiger partial charge in [0.1, 0.15) is 0 Å². The number of aliphatic hydroxyl groups is 1. The van der Waals surface area contributed by atoms with Gasteiger partial charge in [0, 0.05) is 24.9 Å². The highest BCUT2D eigenvalue weighted by molar-refractivity contribution is 5.77. The van der Waals surface area contributed by atoms with Crippen molar-refractivity contribution in [3.8, 4) is 0 Å². The molecule has 0 aliphatic carbocycles. The third kappa shape index (κ3) is 5.31. The number of aliphatic hydroxyl groups excluding tert-OH is 1. The van der Waals surface area contributed by atoms with E-state index in [1.165, 1.54) is 0 Å². The molecule has 16 heavy (non-hydrogen) atoms. The van der Waals surface area contributed by atoms with Crippen LogP contribution < -0.4 is 11.1 Å². The van der Waals surface area contributed by atoms with Crippen LogP contribution in [-0.2, 0) is 6.42 Å². The first-order valence-corrected chi connectivity index (χ1v) is 5.30. The van der Waals surface area contributed by atoms with E-state index in [9.17, 15) is 0 Å². The standard InChI is InChI=1S/C11H18N4O/c1-9(16)8-15-11(12)14-7-5-10-4-2-3-6-13-10/h2-4,6,9,16H,5,7-8H2,1H3,(H3,12,14,15). The van der Waals surface area contributed by atoms with Crippen LogP contribution in [0.25, 0.3) is 0 Å². The third-order valence-electron chi connectivity index (χ3n) is 1.94. The summed E-state index contributed by atoms with van der Waals surface area (Å²) in [5.41, 5.74) is 6.61. The van der Waals surface area contributed by atoms with Crippen LogP contribution in [0.4, 0.5) is 0 Å². The second-order valence-electron chi connectivity index (χ2n) is 3.57. The summed E-state index contributed by atoms with van der Waals surface area (Å²) in [4.78, 5) is 8.16. The molecule has 1 unspecified atom stereocenters. The van der Waals surface area contributed by atoms with Gasteiger partial charge in [-0.15, -0.1) is 0 Å². The molecule has 88 valence electrons. The Hall–Kier alpha value is -1.62. The number of nitrogens with two attached hydrogens (primary N) is 1. The monoisotopic (exact) mass is 222 g/mol. The Balaban J connectivity index is 2.23. The van der Waals surface area contributed by atoms with Gasteiger partial charge in [-0.3, -0.25) is 9.98 Å². The smallest absolute Gasteiger partial charge is 0.188 e. The minimum absolute atomic E-state index is 0.322. The van der Waals surface area contributed by atoms with Gasteiger partial charge in [0.25, 0.3) is 0 Å². The summed E-state index contributed by atoms with van der Waals surface area (Å²) < 4.78 is 0. The van der Waals surface area contributed by atoms with E-state index in [0.29, 0.717) is 19.0 Å². The molecule has 1 aromatic rings. The first-order valence-electron chi connectivity index (χ1n) is 5.30. The van der Waals surface area contributed by atoms with Gasteiger partial charge in [0.2, 0.25) is 0 Å². The third-order valence-corrected chi connectivity index (χ3v) is 1.94. The Morgan fingerprint density at radius 3 is 3.06 bits per heavy atom. The Kier molecular flexibility index (Phi) is 5.28. The highest BCUT2D eigenvalue weighted by Gasteiger charge is 1.96. The van der Waals surface area contributed by atoms with E-state index in [4.69, 9.17) is 10.8 Å². The molecule has 0 saturated carbocycles. The molecule has 4 N–H and O–H groups in total. The Labute approximate surface area is 95.4 Å². The lowest BCUT2D eigenvalue weighted by atomic mass is 10.3. The molecule has 0 amide bonds. The van der Waals surface area contributed by atoms with Crippen LogP contribution in [0.2, 0.25) is 0 Å². The molecule has 0 aliphatic heterocycles. The largest absolute Gasteiger partial charge is 0.391 e. The second-order valence-corrected chi connectivity index (χ2v) is 3.57. The fraction of sp³-hybridized carbons (Fsp3) is 0.455. The van der Waals surface area contributed by atoms with Crippen LogP contribution in [0.3, 0.4) is 0 Å². The molecular formula is C11H18N4O. The molecule has 1 aromatic heterocycles. The molecule has 5 nitrogen and oxygen atoms in total. The lowest BCUT2D eigenvalue weighted by Gasteiger charge is -2.05. The molecule has 0 fully saturated rings. The molecule has 5 heteroatoms. The summed E-state index contributed by atoms with van der Waals surface area (Å²) in [5, 5.41) is 12.0. The predicted molar refractivity (Wildman–Crippen MR) is 64.1 cm³/mol. The van der Waals surface area contributed by atoms with Gasteiger partial charge in [-0.2, -0.15) is 0 Å². The molecule has 1 heterocycles. The van der Waals surface area contributed by atoms with Crippen molar-refractivity contribution in [1.82, 2.24) is 10.3 Å². The zero-order valence-electron chi connectivity index (χ0n) is 9.43. The lowest BCUT2D eigenvalue weighted by molar-refractivity contribution is 0.204. The molecule has 0 aliphatic rings. The average molecular weight is 222 g/mol. The van der Waals surface area contributed by atoms with Gasteiger partial charge in [-0.25, -0.2) is 0 Å². The normalized spacial score (nSPS) is 13.5. The van der Waals surface area contributed by atoms with E-state index < -0.39 is 6.10 Å². The summed E-state index contributed by atoms with van der Waals surface area (Å²) in [6, 6.07) is 5.80. The van der Waals surface area contributed by atoms with Crippen molar-refractivity contribution in [2.45, 2.75) is 19.4 Å². The van der Waals surface area contributed by atoms with E-state index in [0.717, 1.165) is 12.1 Å². The number of aliphatic imine (C=N–C) groups is 1. The SMILES string of the molecule is CC(O)CN=C(N)NCCc1ccccn1. The first-order chi connectivity index (χ1) is 7.68. The molecule has 0 saturated heterocycles. The number of nitrogens with zero attached hydrogens (tertiary/aromatic N) is 2. The summed E-state index contributed by atoms with van der Waals surface area (Å²) in [5.74, 6) is 0.358. The number of aromatic nitrogens is 1. The Morgan fingerprint density at radius 2 is 2.44 bits per heavy atom. The van der Waals surface area contributed by atoms with Gasteiger partial charge >= 0.3 is 0 Å². The topological polar surface area (TPSA) is 83.5 Å². The summed E-state index contributed by atoms with van der Waals surface area (Å²) in [6.45, 7) is 2.68. The molecule has 1 rings (SSSR count). The highest BCUT2D eigenvalue weighted by Crippen LogP contribution is 1.92.